The molecule has 0 bridgehead atoms. The van der Waals surface area contributed by atoms with Crippen molar-refractivity contribution < 1.29 is 4.79 Å². The molecule has 0 saturated carbocycles. The van der Waals surface area contributed by atoms with Gasteiger partial charge in [0.25, 0.3) is 5.91 Å². The zero-order chi connectivity index (χ0) is 15.3. The van der Waals surface area contributed by atoms with E-state index in [0.717, 1.165) is 19.4 Å². The van der Waals surface area contributed by atoms with Crippen molar-refractivity contribution in [3.05, 3.63) is 33.8 Å². The number of hydrogen-bond acceptors (Lipinski definition) is 1. The van der Waals surface area contributed by atoms with Crippen molar-refractivity contribution in [2.75, 3.05) is 6.54 Å². The normalized spacial score (nSPS) is 12.6. The van der Waals surface area contributed by atoms with E-state index in [9.17, 15) is 4.79 Å². The molecule has 1 amide bonds. The molecule has 0 heterocycles. The zero-order valence-corrected chi connectivity index (χ0v) is 14.1. The van der Waals surface area contributed by atoms with E-state index < -0.39 is 0 Å². The second kappa shape index (κ2) is 7.90. The predicted octanol–water partition coefficient (Wildman–Crippen LogP) is 5.28. The van der Waals surface area contributed by atoms with Crippen LogP contribution in [0.1, 0.15) is 50.9 Å². The van der Waals surface area contributed by atoms with Gasteiger partial charge in [0.15, 0.2) is 0 Å². The molecule has 20 heavy (non-hydrogen) atoms. The summed E-state index contributed by atoms with van der Waals surface area (Å²) >= 11 is 12.0. The van der Waals surface area contributed by atoms with Crippen molar-refractivity contribution >= 4 is 29.1 Å². The molecule has 0 aliphatic carbocycles. The number of carbonyl (C=O) groups excluding carboxylic acids is 1. The summed E-state index contributed by atoms with van der Waals surface area (Å²) in [6.07, 6.45) is 2.05. The first-order chi connectivity index (χ1) is 9.35. The number of rotatable bonds is 6. The number of carbonyl (C=O) groups is 1. The van der Waals surface area contributed by atoms with Crippen LogP contribution in [0.3, 0.4) is 0 Å². The van der Waals surface area contributed by atoms with Crippen molar-refractivity contribution in [2.24, 2.45) is 5.92 Å². The lowest BCUT2D eigenvalue weighted by Gasteiger charge is -2.31. The van der Waals surface area contributed by atoms with Crippen molar-refractivity contribution in [1.82, 2.24) is 4.90 Å². The minimum Gasteiger partial charge on any atom is -0.336 e. The fraction of sp³-hybridized carbons (Fsp3) is 0.562. The first-order valence-electron chi connectivity index (χ1n) is 7.12. The molecule has 0 aliphatic rings. The Hall–Kier alpha value is -0.730. The summed E-state index contributed by atoms with van der Waals surface area (Å²) < 4.78 is 0. The lowest BCUT2D eigenvalue weighted by Crippen LogP contribution is -2.41. The third-order valence-electron chi connectivity index (χ3n) is 3.17. The summed E-state index contributed by atoms with van der Waals surface area (Å²) in [6.45, 7) is 9.19. The summed E-state index contributed by atoms with van der Waals surface area (Å²) in [5.41, 5.74) is 0.561. The van der Waals surface area contributed by atoms with Crippen LogP contribution in [0.2, 0.25) is 10.0 Å². The summed E-state index contributed by atoms with van der Waals surface area (Å²) in [5, 5.41) is 0.988. The molecule has 0 saturated heterocycles. The largest absolute Gasteiger partial charge is 0.336 e. The van der Waals surface area contributed by atoms with Gasteiger partial charge in [-0.3, -0.25) is 4.79 Å². The average molecular weight is 316 g/mol. The number of benzene rings is 1. The molecule has 0 aromatic heterocycles. The number of nitrogens with zero attached hydrogens (tertiary/aromatic N) is 1. The van der Waals surface area contributed by atoms with Gasteiger partial charge in [-0.1, -0.05) is 50.4 Å². The highest BCUT2D eigenvalue weighted by atomic mass is 35.5. The Balaban J connectivity index is 3.02. The van der Waals surface area contributed by atoms with Gasteiger partial charge in [-0.15, -0.1) is 0 Å². The Labute approximate surface area is 132 Å². The van der Waals surface area contributed by atoms with Crippen molar-refractivity contribution in [1.29, 1.82) is 0 Å². The summed E-state index contributed by atoms with van der Waals surface area (Å²) in [5.74, 6) is 0.428. The van der Waals surface area contributed by atoms with E-state index in [4.69, 9.17) is 23.2 Å². The van der Waals surface area contributed by atoms with Gasteiger partial charge in [0.2, 0.25) is 0 Å². The number of amides is 1. The van der Waals surface area contributed by atoms with Gasteiger partial charge >= 0.3 is 0 Å². The molecule has 1 aromatic carbocycles. The molecular weight excluding hydrogens is 293 g/mol. The Bertz CT molecular complexity index is 440. The highest BCUT2D eigenvalue weighted by Gasteiger charge is 2.22. The monoisotopic (exact) mass is 315 g/mol. The van der Waals surface area contributed by atoms with Crippen LogP contribution in [-0.4, -0.2) is 23.4 Å². The standard InChI is InChI=1S/C16H23Cl2NO/c1-5-6-12(4)19(10-11(2)3)16(20)13-7-14(17)9-15(18)8-13/h7-9,11-12H,5-6,10H2,1-4H3. The Morgan fingerprint density at radius 3 is 2.15 bits per heavy atom. The maximum atomic E-state index is 12.7. The minimum atomic E-state index is 0.00375. The highest BCUT2D eigenvalue weighted by Crippen LogP contribution is 2.22. The molecule has 2 nitrogen and oxygen atoms in total. The Kier molecular flexibility index (Phi) is 6.84. The molecule has 0 radical (unpaired) electrons. The van der Waals surface area contributed by atoms with Crippen LogP contribution in [0.25, 0.3) is 0 Å². The molecule has 0 fully saturated rings. The molecule has 0 N–H and O–H groups in total. The van der Waals surface area contributed by atoms with E-state index in [1.54, 1.807) is 18.2 Å². The summed E-state index contributed by atoms with van der Waals surface area (Å²) in [4.78, 5) is 14.6. The van der Waals surface area contributed by atoms with E-state index in [0.29, 0.717) is 21.5 Å². The van der Waals surface area contributed by atoms with Crippen LogP contribution in [0, 0.1) is 5.92 Å². The predicted molar refractivity (Wildman–Crippen MR) is 86.7 cm³/mol. The van der Waals surface area contributed by atoms with E-state index in [-0.39, 0.29) is 11.9 Å². The first kappa shape index (κ1) is 17.3. The van der Waals surface area contributed by atoms with Gasteiger partial charge in [-0.2, -0.15) is 0 Å². The zero-order valence-electron chi connectivity index (χ0n) is 12.6. The summed E-state index contributed by atoms with van der Waals surface area (Å²) in [6, 6.07) is 5.22. The molecule has 4 heteroatoms. The second-order valence-corrected chi connectivity index (χ2v) is 6.52. The minimum absolute atomic E-state index is 0.00375. The molecule has 1 rings (SSSR count). The summed E-state index contributed by atoms with van der Waals surface area (Å²) in [7, 11) is 0. The number of halogens is 2. The van der Waals surface area contributed by atoms with Crippen LogP contribution >= 0.6 is 23.2 Å². The molecule has 0 spiro atoms. The fourth-order valence-electron chi connectivity index (χ4n) is 2.27. The van der Waals surface area contributed by atoms with E-state index in [2.05, 4.69) is 27.7 Å². The van der Waals surface area contributed by atoms with E-state index >= 15 is 0 Å². The smallest absolute Gasteiger partial charge is 0.254 e. The molecule has 1 atom stereocenters. The van der Waals surface area contributed by atoms with Crippen LogP contribution in [0.5, 0.6) is 0 Å². The molecule has 0 aliphatic heterocycles. The van der Waals surface area contributed by atoms with Gasteiger partial charge < -0.3 is 4.90 Å². The van der Waals surface area contributed by atoms with E-state index in [1.807, 2.05) is 4.90 Å². The fourth-order valence-corrected chi connectivity index (χ4v) is 2.80. The molecule has 1 unspecified atom stereocenters. The molecule has 112 valence electrons. The lowest BCUT2D eigenvalue weighted by molar-refractivity contribution is 0.0657. The van der Waals surface area contributed by atoms with Gasteiger partial charge in [0, 0.05) is 28.2 Å². The van der Waals surface area contributed by atoms with Crippen molar-refractivity contribution in [3.63, 3.8) is 0 Å². The maximum absolute atomic E-state index is 12.7. The maximum Gasteiger partial charge on any atom is 0.254 e. The Morgan fingerprint density at radius 2 is 1.70 bits per heavy atom. The Morgan fingerprint density at radius 1 is 1.15 bits per heavy atom. The van der Waals surface area contributed by atoms with Gasteiger partial charge in [-0.25, -0.2) is 0 Å². The second-order valence-electron chi connectivity index (χ2n) is 5.65. The van der Waals surface area contributed by atoms with Crippen LogP contribution in [0.15, 0.2) is 18.2 Å². The van der Waals surface area contributed by atoms with Crippen molar-refractivity contribution in [3.8, 4) is 0 Å². The third kappa shape index (κ3) is 4.99. The van der Waals surface area contributed by atoms with E-state index in [1.165, 1.54) is 0 Å². The number of hydrogen-bond donors (Lipinski definition) is 0. The van der Waals surface area contributed by atoms with Crippen LogP contribution in [0.4, 0.5) is 0 Å². The third-order valence-corrected chi connectivity index (χ3v) is 3.61. The first-order valence-corrected chi connectivity index (χ1v) is 7.87. The van der Waals surface area contributed by atoms with Gasteiger partial charge in [-0.05, 0) is 37.5 Å². The van der Waals surface area contributed by atoms with Crippen LogP contribution < -0.4 is 0 Å². The van der Waals surface area contributed by atoms with Crippen molar-refractivity contribution in [2.45, 2.75) is 46.6 Å². The lowest BCUT2D eigenvalue weighted by atomic mass is 10.1. The van der Waals surface area contributed by atoms with Gasteiger partial charge in [0.05, 0.1) is 0 Å². The van der Waals surface area contributed by atoms with Crippen LogP contribution in [-0.2, 0) is 0 Å². The highest BCUT2D eigenvalue weighted by molar-refractivity contribution is 6.35. The topological polar surface area (TPSA) is 20.3 Å². The average Bonchev–Trinajstić information content (AvgIpc) is 2.34. The van der Waals surface area contributed by atoms with Gasteiger partial charge in [0.1, 0.15) is 0 Å². The molecule has 1 aromatic rings. The molecular formula is C16H23Cl2NO. The quantitative estimate of drug-likeness (QED) is 0.699. The SMILES string of the molecule is CCCC(C)N(CC(C)C)C(=O)c1cc(Cl)cc(Cl)c1.